The predicted molar refractivity (Wildman–Crippen MR) is 126 cm³/mol. The summed E-state index contributed by atoms with van der Waals surface area (Å²) in [7, 11) is 1.75. The number of aryl methyl sites for hydroxylation is 5. The molecule has 0 spiro atoms. The molecule has 6 heteroatoms. The minimum absolute atomic E-state index is 0.666. The van der Waals surface area contributed by atoms with Crippen LogP contribution in [0.4, 0.5) is 0 Å². The Kier molecular flexibility index (Phi) is 5.73. The first kappa shape index (κ1) is 21.1. The Labute approximate surface area is 186 Å². The van der Waals surface area contributed by atoms with Gasteiger partial charge in [-0.15, -0.1) is 0 Å². The zero-order chi connectivity index (χ0) is 21.6. The lowest BCUT2D eigenvalue weighted by Gasteiger charge is -2.12. The standard InChI is InChI=1S/C24H29BrN4O/c1-7-8-18-13-19-16(4)26-23-22(21-15(3)11-14(2)12-20(21)25)17(5)27-29(23)24(19)28(18)9-10-30-6/h11-13H,7-10H2,1-6H3. The second-order valence-electron chi connectivity index (χ2n) is 8.10. The molecule has 4 aromatic rings. The van der Waals surface area contributed by atoms with E-state index in [0.717, 1.165) is 57.5 Å². The molecule has 1 aromatic carbocycles. The van der Waals surface area contributed by atoms with Gasteiger partial charge in [0.05, 0.1) is 23.6 Å². The molecule has 5 nitrogen and oxygen atoms in total. The number of halogens is 1. The maximum absolute atomic E-state index is 5.41. The Bertz CT molecular complexity index is 1230. The van der Waals surface area contributed by atoms with E-state index in [1.54, 1.807) is 7.11 Å². The van der Waals surface area contributed by atoms with Crippen molar-refractivity contribution in [3.05, 3.63) is 50.9 Å². The number of benzene rings is 1. The maximum atomic E-state index is 5.41. The van der Waals surface area contributed by atoms with Gasteiger partial charge in [-0.25, -0.2) is 4.98 Å². The van der Waals surface area contributed by atoms with Crippen LogP contribution in [0.3, 0.4) is 0 Å². The monoisotopic (exact) mass is 468 g/mol. The summed E-state index contributed by atoms with van der Waals surface area (Å²) in [4.78, 5) is 5.04. The second kappa shape index (κ2) is 8.16. The van der Waals surface area contributed by atoms with Gasteiger partial charge < -0.3 is 9.30 Å². The smallest absolute Gasteiger partial charge is 0.165 e. The third kappa shape index (κ3) is 3.36. The highest BCUT2D eigenvalue weighted by Crippen LogP contribution is 2.38. The van der Waals surface area contributed by atoms with Crippen LogP contribution in [0.5, 0.6) is 0 Å². The van der Waals surface area contributed by atoms with Crippen molar-refractivity contribution in [3.63, 3.8) is 0 Å². The van der Waals surface area contributed by atoms with Gasteiger partial charge in [-0.3, -0.25) is 0 Å². The van der Waals surface area contributed by atoms with E-state index in [1.165, 1.54) is 22.4 Å². The van der Waals surface area contributed by atoms with Crippen LogP contribution in [-0.2, 0) is 17.7 Å². The van der Waals surface area contributed by atoms with Crippen molar-refractivity contribution in [1.29, 1.82) is 0 Å². The van der Waals surface area contributed by atoms with Crippen LogP contribution < -0.4 is 0 Å². The molecule has 0 atom stereocenters. The summed E-state index contributed by atoms with van der Waals surface area (Å²) in [5.41, 5.74) is 10.1. The van der Waals surface area contributed by atoms with Crippen molar-refractivity contribution in [2.24, 2.45) is 0 Å². The molecule has 0 saturated heterocycles. The molecule has 0 fully saturated rings. The van der Waals surface area contributed by atoms with Gasteiger partial charge in [0.2, 0.25) is 0 Å². The van der Waals surface area contributed by atoms with Gasteiger partial charge in [0.1, 0.15) is 5.65 Å². The van der Waals surface area contributed by atoms with Crippen molar-refractivity contribution in [2.45, 2.75) is 54.0 Å². The SMILES string of the molecule is CCCc1cc2c(C)nc3c(-c4c(C)cc(C)cc4Br)c(C)nn3c2n1CCOC. The minimum atomic E-state index is 0.666. The Hall–Kier alpha value is -2.18. The summed E-state index contributed by atoms with van der Waals surface area (Å²) in [6.07, 6.45) is 2.12. The zero-order valence-corrected chi connectivity index (χ0v) is 20.2. The van der Waals surface area contributed by atoms with Gasteiger partial charge >= 0.3 is 0 Å². The number of fused-ring (bicyclic) bond motifs is 3. The van der Waals surface area contributed by atoms with Crippen molar-refractivity contribution >= 4 is 32.6 Å². The number of ether oxygens (including phenoxy) is 1. The molecular formula is C24H29BrN4O. The topological polar surface area (TPSA) is 44.4 Å². The Morgan fingerprint density at radius 1 is 1.03 bits per heavy atom. The molecule has 0 bridgehead atoms. The van der Waals surface area contributed by atoms with E-state index < -0.39 is 0 Å². The molecule has 0 amide bonds. The van der Waals surface area contributed by atoms with Crippen LogP contribution >= 0.6 is 15.9 Å². The van der Waals surface area contributed by atoms with E-state index >= 15 is 0 Å². The third-order valence-corrected chi connectivity index (χ3v) is 6.39. The third-order valence-electron chi connectivity index (χ3n) is 5.76. The molecular weight excluding hydrogens is 440 g/mol. The molecule has 0 unspecified atom stereocenters. The van der Waals surface area contributed by atoms with Gasteiger partial charge in [-0.05, 0) is 57.4 Å². The first-order chi connectivity index (χ1) is 14.4. The lowest BCUT2D eigenvalue weighted by molar-refractivity contribution is 0.187. The van der Waals surface area contributed by atoms with Crippen LogP contribution in [0, 0.1) is 27.7 Å². The van der Waals surface area contributed by atoms with Gasteiger partial charge in [0.15, 0.2) is 5.65 Å². The Morgan fingerprint density at radius 2 is 1.80 bits per heavy atom. The quantitative estimate of drug-likeness (QED) is 0.351. The van der Waals surface area contributed by atoms with Crippen molar-refractivity contribution < 1.29 is 4.74 Å². The average molecular weight is 469 g/mol. The fraction of sp³-hybridized carbons (Fsp3) is 0.417. The van der Waals surface area contributed by atoms with E-state index in [2.05, 4.69) is 73.3 Å². The average Bonchev–Trinajstić information content (AvgIpc) is 3.18. The fourth-order valence-electron chi connectivity index (χ4n) is 4.49. The fourth-order valence-corrected chi connectivity index (χ4v) is 5.36. The summed E-state index contributed by atoms with van der Waals surface area (Å²) in [5, 5.41) is 6.14. The van der Waals surface area contributed by atoms with Crippen LogP contribution in [0.2, 0.25) is 0 Å². The first-order valence-corrected chi connectivity index (χ1v) is 11.3. The molecule has 30 heavy (non-hydrogen) atoms. The van der Waals surface area contributed by atoms with Crippen LogP contribution in [0.1, 0.15) is 41.6 Å². The lowest BCUT2D eigenvalue weighted by atomic mass is 9.99. The van der Waals surface area contributed by atoms with Gasteiger partial charge in [0, 0.05) is 34.8 Å². The van der Waals surface area contributed by atoms with E-state index in [4.69, 9.17) is 14.8 Å². The summed E-state index contributed by atoms with van der Waals surface area (Å²) < 4.78 is 10.9. The predicted octanol–water partition coefficient (Wildman–Crippen LogP) is 5.95. The number of hydrogen-bond donors (Lipinski definition) is 0. The van der Waals surface area contributed by atoms with Crippen LogP contribution in [-0.4, -0.2) is 32.9 Å². The van der Waals surface area contributed by atoms with E-state index in [0.29, 0.717) is 6.61 Å². The van der Waals surface area contributed by atoms with Crippen LogP contribution in [0.25, 0.3) is 27.8 Å². The molecule has 3 aromatic heterocycles. The summed E-state index contributed by atoms with van der Waals surface area (Å²) in [6.45, 7) is 12.1. The summed E-state index contributed by atoms with van der Waals surface area (Å²) in [6, 6.07) is 6.66. The van der Waals surface area contributed by atoms with E-state index in [9.17, 15) is 0 Å². The Balaban J connectivity index is 2.09. The second-order valence-corrected chi connectivity index (χ2v) is 8.95. The molecule has 0 saturated carbocycles. The van der Waals surface area contributed by atoms with E-state index in [1.807, 2.05) is 4.52 Å². The lowest BCUT2D eigenvalue weighted by Crippen LogP contribution is -2.10. The minimum Gasteiger partial charge on any atom is -0.383 e. The van der Waals surface area contributed by atoms with Crippen molar-refractivity contribution in [1.82, 2.24) is 19.2 Å². The Morgan fingerprint density at radius 3 is 2.47 bits per heavy atom. The molecule has 0 radical (unpaired) electrons. The number of hydrogen-bond acceptors (Lipinski definition) is 3. The highest BCUT2D eigenvalue weighted by Gasteiger charge is 2.22. The molecule has 0 N–H and O–H groups in total. The number of methoxy groups -OCH3 is 1. The summed E-state index contributed by atoms with van der Waals surface area (Å²) in [5.74, 6) is 0. The largest absolute Gasteiger partial charge is 0.383 e. The highest BCUT2D eigenvalue weighted by molar-refractivity contribution is 9.10. The first-order valence-electron chi connectivity index (χ1n) is 10.5. The van der Waals surface area contributed by atoms with Gasteiger partial charge in [-0.1, -0.05) is 35.3 Å². The molecule has 0 aliphatic carbocycles. The van der Waals surface area contributed by atoms with Gasteiger partial charge in [0.25, 0.3) is 0 Å². The van der Waals surface area contributed by atoms with Crippen molar-refractivity contribution in [3.8, 4) is 11.1 Å². The van der Waals surface area contributed by atoms with Crippen LogP contribution in [0.15, 0.2) is 22.7 Å². The normalized spacial score (nSPS) is 11.8. The summed E-state index contributed by atoms with van der Waals surface area (Å²) >= 11 is 3.79. The highest BCUT2D eigenvalue weighted by atomic mass is 79.9. The van der Waals surface area contributed by atoms with Gasteiger partial charge in [-0.2, -0.15) is 9.61 Å². The molecule has 3 heterocycles. The molecule has 0 aliphatic heterocycles. The number of aromatic nitrogens is 4. The number of rotatable bonds is 6. The zero-order valence-electron chi connectivity index (χ0n) is 18.6. The molecule has 158 valence electrons. The molecule has 4 rings (SSSR count). The van der Waals surface area contributed by atoms with E-state index in [-0.39, 0.29) is 0 Å². The molecule has 0 aliphatic rings. The van der Waals surface area contributed by atoms with Crippen molar-refractivity contribution in [2.75, 3.05) is 13.7 Å². The number of nitrogens with zero attached hydrogens (tertiary/aromatic N) is 4. The maximum Gasteiger partial charge on any atom is 0.165 e.